The van der Waals surface area contributed by atoms with Gasteiger partial charge < -0.3 is 9.88 Å². The Kier molecular flexibility index (Phi) is 5.62. The number of nitrogens with one attached hydrogen (secondary N) is 1. The first-order valence-electron chi connectivity index (χ1n) is 8.65. The van der Waals surface area contributed by atoms with Crippen LogP contribution in [0.15, 0.2) is 73.3 Å². The van der Waals surface area contributed by atoms with Gasteiger partial charge in [0.15, 0.2) is 0 Å². The van der Waals surface area contributed by atoms with Crippen molar-refractivity contribution in [3.05, 3.63) is 84.4 Å². The lowest BCUT2D eigenvalue weighted by atomic mass is 9.93. The number of nitrogens with zero attached hydrogens (tertiary/aromatic N) is 2. The summed E-state index contributed by atoms with van der Waals surface area (Å²) in [4.78, 5) is 16.3. The Hall–Kier alpha value is -2.88. The van der Waals surface area contributed by atoms with Crippen molar-refractivity contribution in [1.29, 1.82) is 0 Å². The molecule has 0 saturated carbocycles. The van der Waals surface area contributed by atoms with Crippen LogP contribution in [0.5, 0.6) is 0 Å². The molecule has 128 valence electrons. The van der Waals surface area contributed by atoms with Gasteiger partial charge in [-0.3, -0.25) is 4.79 Å². The largest absolute Gasteiger partial charge is 0.352 e. The third-order valence-corrected chi connectivity index (χ3v) is 4.42. The molecule has 0 aliphatic carbocycles. The lowest BCUT2D eigenvalue weighted by Gasteiger charge is -2.15. The van der Waals surface area contributed by atoms with Crippen LogP contribution in [0.3, 0.4) is 0 Å². The summed E-state index contributed by atoms with van der Waals surface area (Å²) in [6, 6.07) is 18.4. The van der Waals surface area contributed by atoms with Crippen LogP contribution in [0.1, 0.15) is 36.8 Å². The number of benzene rings is 2. The minimum absolute atomic E-state index is 0.0920. The van der Waals surface area contributed by atoms with Crippen molar-refractivity contribution in [2.45, 2.75) is 32.2 Å². The van der Waals surface area contributed by atoms with Gasteiger partial charge in [-0.15, -0.1) is 0 Å². The van der Waals surface area contributed by atoms with E-state index >= 15 is 0 Å². The molecule has 25 heavy (non-hydrogen) atoms. The fraction of sp³-hybridized carbons (Fsp3) is 0.238. The molecular weight excluding hydrogens is 310 g/mol. The Balaban J connectivity index is 1.53. The Morgan fingerprint density at radius 3 is 2.52 bits per heavy atom. The van der Waals surface area contributed by atoms with Crippen LogP contribution in [0.4, 0.5) is 0 Å². The van der Waals surface area contributed by atoms with Crippen LogP contribution >= 0.6 is 0 Å². The van der Waals surface area contributed by atoms with Crippen molar-refractivity contribution in [2.75, 3.05) is 0 Å². The third-order valence-electron chi connectivity index (χ3n) is 4.42. The van der Waals surface area contributed by atoms with Crippen LogP contribution in [0.25, 0.3) is 5.69 Å². The Morgan fingerprint density at radius 2 is 1.88 bits per heavy atom. The van der Waals surface area contributed by atoms with Crippen LogP contribution in [0, 0.1) is 0 Å². The lowest BCUT2D eigenvalue weighted by Crippen LogP contribution is -2.24. The van der Waals surface area contributed by atoms with Gasteiger partial charge in [0.1, 0.15) is 0 Å². The Labute approximate surface area is 148 Å². The van der Waals surface area contributed by atoms with Crippen LogP contribution in [-0.4, -0.2) is 15.5 Å². The average Bonchev–Trinajstić information content (AvgIpc) is 3.20. The molecule has 1 atom stereocenters. The molecule has 0 radical (unpaired) electrons. The van der Waals surface area contributed by atoms with Crippen LogP contribution in [-0.2, 0) is 11.3 Å². The molecule has 3 aromatic rings. The molecule has 0 aliphatic rings. The van der Waals surface area contributed by atoms with Crippen molar-refractivity contribution >= 4 is 5.91 Å². The first-order valence-corrected chi connectivity index (χ1v) is 8.65. The zero-order valence-electron chi connectivity index (χ0n) is 14.4. The van der Waals surface area contributed by atoms with Gasteiger partial charge in [0, 0.05) is 31.0 Å². The third kappa shape index (κ3) is 4.57. The summed E-state index contributed by atoms with van der Waals surface area (Å²) in [5.41, 5.74) is 3.37. The summed E-state index contributed by atoms with van der Waals surface area (Å²) in [7, 11) is 0. The first kappa shape index (κ1) is 17.0. The van der Waals surface area contributed by atoms with Gasteiger partial charge in [0.25, 0.3) is 0 Å². The summed E-state index contributed by atoms with van der Waals surface area (Å²) >= 11 is 0. The fourth-order valence-electron chi connectivity index (χ4n) is 2.92. The highest BCUT2D eigenvalue weighted by molar-refractivity contribution is 5.76. The Bertz CT molecular complexity index is 780. The van der Waals surface area contributed by atoms with E-state index in [0.717, 1.165) is 17.7 Å². The molecule has 0 fully saturated rings. The van der Waals surface area contributed by atoms with Crippen molar-refractivity contribution < 1.29 is 4.79 Å². The number of carbonyl (C=O) groups is 1. The highest BCUT2D eigenvalue weighted by atomic mass is 16.1. The molecule has 0 bridgehead atoms. The van der Waals surface area contributed by atoms with E-state index in [2.05, 4.69) is 29.4 Å². The quantitative estimate of drug-likeness (QED) is 0.708. The number of carbonyl (C=O) groups excluding carboxylic acids is 1. The maximum atomic E-state index is 12.3. The Morgan fingerprint density at radius 1 is 1.12 bits per heavy atom. The summed E-state index contributed by atoms with van der Waals surface area (Å²) in [6.45, 7) is 2.67. The molecule has 1 aromatic heterocycles. The maximum Gasteiger partial charge on any atom is 0.220 e. The molecule has 0 aliphatic heterocycles. The van der Waals surface area contributed by atoms with E-state index in [0.29, 0.717) is 13.0 Å². The first-order chi connectivity index (χ1) is 12.3. The second kappa shape index (κ2) is 8.29. The fourth-order valence-corrected chi connectivity index (χ4v) is 2.92. The number of amides is 1. The topological polar surface area (TPSA) is 46.9 Å². The number of hydrogen-bond acceptors (Lipinski definition) is 2. The minimum atomic E-state index is 0.0920. The van der Waals surface area contributed by atoms with E-state index in [9.17, 15) is 4.79 Å². The SMILES string of the molecule is CCC(CC(=O)NCc1ccc(-n2ccnc2)cc1)c1ccccc1. The van der Waals surface area contributed by atoms with Crippen molar-refractivity contribution in [2.24, 2.45) is 0 Å². The molecule has 4 nitrogen and oxygen atoms in total. The molecule has 1 N–H and O–H groups in total. The molecule has 3 rings (SSSR count). The summed E-state index contributed by atoms with van der Waals surface area (Å²) in [5, 5.41) is 3.03. The van der Waals surface area contributed by atoms with Gasteiger partial charge in [0.05, 0.1) is 6.33 Å². The smallest absolute Gasteiger partial charge is 0.220 e. The number of aromatic nitrogens is 2. The van der Waals surface area contributed by atoms with Gasteiger partial charge >= 0.3 is 0 Å². The van der Waals surface area contributed by atoms with Crippen molar-refractivity contribution in [3.63, 3.8) is 0 Å². The summed E-state index contributed by atoms with van der Waals surface area (Å²) in [6.07, 6.45) is 6.91. The molecule has 4 heteroatoms. The van der Waals surface area contributed by atoms with Gasteiger partial charge in [0.2, 0.25) is 5.91 Å². The number of imidazole rings is 1. The van der Waals surface area contributed by atoms with E-state index in [4.69, 9.17) is 0 Å². The van der Waals surface area contributed by atoms with E-state index in [1.807, 2.05) is 53.2 Å². The predicted molar refractivity (Wildman–Crippen MR) is 99.5 cm³/mol. The summed E-state index contributed by atoms with van der Waals surface area (Å²) in [5.74, 6) is 0.360. The maximum absolute atomic E-state index is 12.3. The van der Waals surface area contributed by atoms with Crippen LogP contribution in [0.2, 0.25) is 0 Å². The van der Waals surface area contributed by atoms with Gasteiger partial charge in [-0.1, -0.05) is 49.4 Å². The van der Waals surface area contributed by atoms with Crippen LogP contribution < -0.4 is 5.32 Å². The molecule has 0 saturated heterocycles. The molecule has 1 amide bonds. The zero-order valence-corrected chi connectivity index (χ0v) is 14.4. The highest BCUT2D eigenvalue weighted by Crippen LogP contribution is 2.22. The molecule has 0 spiro atoms. The van der Waals surface area contributed by atoms with Gasteiger partial charge in [-0.25, -0.2) is 4.98 Å². The average molecular weight is 333 g/mol. The predicted octanol–water partition coefficient (Wildman–Crippen LogP) is 4.07. The molecular formula is C21H23N3O. The molecule has 2 aromatic carbocycles. The van der Waals surface area contributed by atoms with Gasteiger partial charge in [-0.2, -0.15) is 0 Å². The normalized spacial score (nSPS) is 11.9. The van der Waals surface area contributed by atoms with E-state index in [-0.39, 0.29) is 11.8 Å². The zero-order chi connectivity index (χ0) is 17.5. The highest BCUT2D eigenvalue weighted by Gasteiger charge is 2.13. The minimum Gasteiger partial charge on any atom is -0.352 e. The standard InChI is InChI=1S/C21H23N3O/c1-2-18(19-6-4-3-5-7-19)14-21(25)23-15-17-8-10-20(11-9-17)24-13-12-22-16-24/h3-13,16,18H,2,14-15H2,1H3,(H,23,25). The second-order valence-electron chi connectivity index (χ2n) is 6.13. The number of hydrogen-bond donors (Lipinski definition) is 1. The van der Waals surface area contributed by atoms with E-state index in [1.165, 1.54) is 5.56 Å². The summed E-state index contributed by atoms with van der Waals surface area (Å²) < 4.78 is 1.95. The van der Waals surface area contributed by atoms with Crippen molar-refractivity contribution in [3.8, 4) is 5.69 Å². The van der Waals surface area contributed by atoms with Crippen molar-refractivity contribution in [1.82, 2.24) is 14.9 Å². The second-order valence-corrected chi connectivity index (χ2v) is 6.13. The monoisotopic (exact) mass is 333 g/mol. The molecule has 1 heterocycles. The molecule has 1 unspecified atom stereocenters. The van der Waals surface area contributed by atoms with Gasteiger partial charge in [-0.05, 0) is 35.6 Å². The number of rotatable bonds is 7. The van der Waals surface area contributed by atoms with E-state index in [1.54, 1.807) is 12.5 Å². The van der Waals surface area contributed by atoms with E-state index < -0.39 is 0 Å². The lowest BCUT2D eigenvalue weighted by molar-refractivity contribution is -0.121.